The topological polar surface area (TPSA) is 60.7 Å². The number of aromatic hydroxyl groups is 3. The van der Waals surface area contributed by atoms with Gasteiger partial charge in [0, 0.05) is 5.56 Å². The van der Waals surface area contributed by atoms with Gasteiger partial charge in [-0.2, -0.15) is 0 Å². The van der Waals surface area contributed by atoms with Crippen LogP contribution in [0.2, 0.25) is 0 Å². The number of benzene rings is 2. The van der Waals surface area contributed by atoms with Gasteiger partial charge in [-0.05, 0) is 49.6 Å². The number of aryl methyl sites for hydroxylation is 2. The number of hydrogen-bond acceptors (Lipinski definition) is 3. The molecule has 3 heteroatoms. The summed E-state index contributed by atoms with van der Waals surface area (Å²) in [5.41, 5.74) is 3.33. The maximum atomic E-state index is 10.2. The maximum absolute atomic E-state index is 10.2. The minimum Gasteiger partial charge on any atom is -0.507 e. The normalized spacial score (nSPS) is 10.6. The molecule has 18 heavy (non-hydrogen) atoms. The van der Waals surface area contributed by atoms with Crippen LogP contribution in [0.5, 0.6) is 17.2 Å². The molecular weight excluding hydrogens is 228 g/mol. The summed E-state index contributed by atoms with van der Waals surface area (Å²) in [4.78, 5) is 0. The van der Waals surface area contributed by atoms with Crippen molar-refractivity contribution < 1.29 is 15.3 Å². The van der Waals surface area contributed by atoms with E-state index in [1.165, 1.54) is 12.1 Å². The van der Waals surface area contributed by atoms with E-state index < -0.39 is 0 Å². The van der Waals surface area contributed by atoms with E-state index in [1.807, 2.05) is 19.9 Å². The van der Waals surface area contributed by atoms with Gasteiger partial charge in [0.1, 0.15) is 17.2 Å². The van der Waals surface area contributed by atoms with Gasteiger partial charge < -0.3 is 15.3 Å². The first-order valence-corrected chi connectivity index (χ1v) is 5.74. The Morgan fingerprint density at radius 2 is 1.33 bits per heavy atom. The monoisotopic (exact) mass is 244 g/mol. The summed E-state index contributed by atoms with van der Waals surface area (Å²) in [6.45, 7) is 5.58. The molecular formula is C15H16O3. The van der Waals surface area contributed by atoms with Crippen LogP contribution in [-0.2, 0) is 0 Å². The third-order valence-electron chi connectivity index (χ3n) is 3.28. The molecule has 0 spiro atoms. The molecule has 0 fully saturated rings. The fourth-order valence-electron chi connectivity index (χ4n) is 2.16. The predicted molar refractivity (Wildman–Crippen MR) is 71.1 cm³/mol. The molecule has 3 nitrogen and oxygen atoms in total. The van der Waals surface area contributed by atoms with Crippen molar-refractivity contribution in [3.05, 3.63) is 41.0 Å². The van der Waals surface area contributed by atoms with Crippen LogP contribution >= 0.6 is 0 Å². The van der Waals surface area contributed by atoms with Crippen LogP contribution < -0.4 is 0 Å². The van der Waals surface area contributed by atoms with E-state index in [9.17, 15) is 15.3 Å². The van der Waals surface area contributed by atoms with E-state index in [1.54, 1.807) is 13.0 Å². The lowest BCUT2D eigenvalue weighted by molar-refractivity contribution is 0.449. The Morgan fingerprint density at radius 3 is 1.89 bits per heavy atom. The van der Waals surface area contributed by atoms with Crippen molar-refractivity contribution in [2.45, 2.75) is 20.8 Å². The van der Waals surface area contributed by atoms with Crippen LogP contribution in [0.25, 0.3) is 11.1 Å². The molecule has 0 atom stereocenters. The van der Waals surface area contributed by atoms with Gasteiger partial charge in [-0.25, -0.2) is 0 Å². The van der Waals surface area contributed by atoms with E-state index in [0.717, 1.165) is 16.7 Å². The molecule has 2 aromatic carbocycles. The SMILES string of the molecule is Cc1cc(C)c(O)c(-c2c(O)cccc2O)c1C. The lowest BCUT2D eigenvalue weighted by Crippen LogP contribution is -1.92. The fraction of sp³-hybridized carbons (Fsp3) is 0.200. The highest BCUT2D eigenvalue weighted by Crippen LogP contribution is 2.45. The average Bonchev–Trinajstić information content (AvgIpc) is 2.30. The number of phenolic OH excluding ortho intramolecular Hbond substituents is 3. The van der Waals surface area contributed by atoms with Gasteiger partial charge in [-0.1, -0.05) is 12.1 Å². The molecule has 0 aliphatic carbocycles. The second kappa shape index (κ2) is 4.26. The fourth-order valence-corrected chi connectivity index (χ4v) is 2.16. The van der Waals surface area contributed by atoms with Crippen molar-refractivity contribution in [1.29, 1.82) is 0 Å². The van der Waals surface area contributed by atoms with Crippen molar-refractivity contribution in [2.75, 3.05) is 0 Å². The van der Waals surface area contributed by atoms with Crippen LogP contribution in [0.15, 0.2) is 24.3 Å². The number of phenols is 3. The van der Waals surface area contributed by atoms with Gasteiger partial charge in [-0.3, -0.25) is 0 Å². The van der Waals surface area contributed by atoms with Crippen molar-refractivity contribution in [3.8, 4) is 28.4 Å². The van der Waals surface area contributed by atoms with Gasteiger partial charge in [-0.15, -0.1) is 0 Å². The molecule has 0 aromatic heterocycles. The molecule has 0 saturated heterocycles. The molecule has 0 amide bonds. The largest absolute Gasteiger partial charge is 0.507 e. The first-order valence-electron chi connectivity index (χ1n) is 5.74. The summed E-state index contributed by atoms with van der Waals surface area (Å²) >= 11 is 0. The van der Waals surface area contributed by atoms with E-state index >= 15 is 0 Å². The Labute approximate surface area is 106 Å². The maximum Gasteiger partial charge on any atom is 0.127 e. The standard InChI is InChI=1S/C15H16O3/c1-8-7-9(2)15(18)13(10(8)3)14-11(16)5-4-6-12(14)17/h4-7,16-18H,1-3H3. The lowest BCUT2D eigenvalue weighted by atomic mass is 9.92. The molecule has 0 bridgehead atoms. The minimum absolute atomic E-state index is 0.0431. The highest BCUT2D eigenvalue weighted by Gasteiger charge is 2.18. The molecule has 0 radical (unpaired) electrons. The minimum atomic E-state index is -0.0431. The van der Waals surface area contributed by atoms with E-state index in [2.05, 4.69) is 0 Å². The number of rotatable bonds is 1. The van der Waals surface area contributed by atoms with Gasteiger partial charge >= 0.3 is 0 Å². The van der Waals surface area contributed by atoms with Crippen LogP contribution in [0.4, 0.5) is 0 Å². The summed E-state index contributed by atoms with van der Waals surface area (Å²) in [5, 5.41) is 30.0. The van der Waals surface area contributed by atoms with E-state index in [-0.39, 0.29) is 22.8 Å². The van der Waals surface area contributed by atoms with Crippen LogP contribution in [0.1, 0.15) is 16.7 Å². The van der Waals surface area contributed by atoms with Crippen molar-refractivity contribution in [1.82, 2.24) is 0 Å². The quantitative estimate of drug-likeness (QED) is 0.720. The Balaban J connectivity index is 2.87. The van der Waals surface area contributed by atoms with Gasteiger partial charge in [0.25, 0.3) is 0 Å². The second-order valence-electron chi connectivity index (χ2n) is 4.53. The lowest BCUT2D eigenvalue weighted by Gasteiger charge is -2.16. The Kier molecular flexibility index (Phi) is 2.91. The zero-order valence-corrected chi connectivity index (χ0v) is 10.7. The first-order chi connectivity index (χ1) is 8.43. The summed E-state index contributed by atoms with van der Waals surface area (Å²) in [7, 11) is 0. The van der Waals surface area contributed by atoms with E-state index in [4.69, 9.17) is 0 Å². The summed E-state index contributed by atoms with van der Waals surface area (Å²) in [6.07, 6.45) is 0. The zero-order valence-electron chi connectivity index (χ0n) is 10.7. The van der Waals surface area contributed by atoms with Gasteiger partial charge in [0.2, 0.25) is 0 Å². The summed E-state index contributed by atoms with van der Waals surface area (Å²) in [6, 6.07) is 6.42. The molecule has 0 aliphatic heterocycles. The average molecular weight is 244 g/mol. The third-order valence-corrected chi connectivity index (χ3v) is 3.28. The molecule has 0 heterocycles. The van der Waals surface area contributed by atoms with Crippen LogP contribution in [0.3, 0.4) is 0 Å². The van der Waals surface area contributed by atoms with E-state index in [0.29, 0.717) is 5.56 Å². The molecule has 94 valence electrons. The highest BCUT2D eigenvalue weighted by molar-refractivity contribution is 5.84. The molecule has 0 saturated carbocycles. The molecule has 2 aromatic rings. The molecule has 0 aliphatic rings. The molecule has 0 unspecified atom stereocenters. The first kappa shape index (κ1) is 12.3. The number of hydrogen-bond donors (Lipinski definition) is 3. The van der Waals surface area contributed by atoms with Gasteiger partial charge in [0.05, 0.1) is 5.56 Å². The van der Waals surface area contributed by atoms with Crippen molar-refractivity contribution in [3.63, 3.8) is 0 Å². The molecule has 3 N–H and O–H groups in total. The predicted octanol–water partition coefficient (Wildman–Crippen LogP) is 3.40. The smallest absolute Gasteiger partial charge is 0.127 e. The van der Waals surface area contributed by atoms with Crippen LogP contribution in [-0.4, -0.2) is 15.3 Å². The Bertz CT molecular complexity index is 569. The summed E-state index contributed by atoms with van der Waals surface area (Å²) < 4.78 is 0. The third kappa shape index (κ3) is 1.78. The second-order valence-corrected chi connectivity index (χ2v) is 4.53. The molecule has 2 rings (SSSR count). The Hall–Kier alpha value is -2.16. The zero-order chi connectivity index (χ0) is 13.4. The van der Waals surface area contributed by atoms with Crippen LogP contribution in [0, 0.1) is 20.8 Å². The summed E-state index contributed by atoms with van der Waals surface area (Å²) in [5.74, 6) is 0.00620. The Morgan fingerprint density at radius 1 is 0.778 bits per heavy atom. The van der Waals surface area contributed by atoms with Crippen molar-refractivity contribution in [2.24, 2.45) is 0 Å². The van der Waals surface area contributed by atoms with Gasteiger partial charge in [0.15, 0.2) is 0 Å². The van der Waals surface area contributed by atoms with Crippen molar-refractivity contribution >= 4 is 0 Å². The highest BCUT2D eigenvalue weighted by atomic mass is 16.3.